The Bertz CT molecular complexity index is 442. The van der Waals surface area contributed by atoms with E-state index in [4.69, 9.17) is 4.42 Å². The average Bonchev–Trinajstić information content (AvgIpc) is 2.76. The molecule has 1 heterocycles. The molecular weight excluding hydrogens is 232 g/mol. The largest absolute Gasteiger partial charge is 0.440 e. The van der Waals surface area contributed by atoms with Crippen molar-refractivity contribution in [3.05, 3.63) is 47.9 Å². The van der Waals surface area contributed by atoms with Gasteiger partial charge in [0, 0.05) is 18.8 Å². The fourth-order valence-electron chi connectivity index (χ4n) is 1.44. The van der Waals surface area contributed by atoms with Gasteiger partial charge in [0.2, 0.25) is 0 Å². The van der Waals surface area contributed by atoms with Gasteiger partial charge in [-0.15, -0.1) is 0 Å². The van der Waals surface area contributed by atoms with E-state index < -0.39 is 0 Å². The third kappa shape index (κ3) is 4.24. The van der Waals surface area contributed by atoms with E-state index >= 15 is 0 Å². The van der Waals surface area contributed by atoms with Crippen LogP contribution in [0.1, 0.15) is 11.3 Å². The molecule has 0 aliphatic rings. The van der Waals surface area contributed by atoms with Gasteiger partial charge in [-0.1, -0.05) is 42.1 Å². The summed E-state index contributed by atoms with van der Waals surface area (Å²) in [5, 5.41) is 4.14. The minimum atomic E-state index is 0.754. The fraction of sp³-hybridized carbons (Fsp3) is 0.308. The molecule has 2 rings (SSSR count). The Morgan fingerprint density at radius 1 is 1.29 bits per heavy atom. The van der Waals surface area contributed by atoms with E-state index in [0.29, 0.717) is 0 Å². The summed E-state index contributed by atoms with van der Waals surface area (Å²) >= 11 is 1.64. The molecule has 3 nitrogen and oxygen atoms in total. The first-order valence-corrected chi connectivity index (χ1v) is 6.63. The van der Waals surface area contributed by atoms with Crippen molar-refractivity contribution in [2.75, 3.05) is 12.3 Å². The van der Waals surface area contributed by atoms with Gasteiger partial charge in [0.25, 0.3) is 5.22 Å². The monoisotopic (exact) mass is 248 g/mol. The van der Waals surface area contributed by atoms with Crippen molar-refractivity contribution in [1.29, 1.82) is 0 Å². The number of rotatable bonds is 6. The molecule has 0 bridgehead atoms. The average molecular weight is 248 g/mol. The Kier molecular flexibility index (Phi) is 4.64. The summed E-state index contributed by atoms with van der Waals surface area (Å²) in [6.45, 7) is 3.79. The summed E-state index contributed by atoms with van der Waals surface area (Å²) in [6, 6.07) is 10.4. The molecule has 0 atom stereocenters. The molecule has 90 valence electrons. The lowest BCUT2D eigenvalue weighted by Crippen LogP contribution is -2.16. The standard InChI is InChI=1S/C13H16N2OS/c1-11-10-16-13(15-11)17-8-7-14-9-12-5-3-2-4-6-12/h2-6,10,14H,7-9H2,1H3. The van der Waals surface area contributed by atoms with Crippen molar-refractivity contribution in [2.45, 2.75) is 18.7 Å². The number of aryl methyl sites for hydroxylation is 1. The zero-order valence-electron chi connectivity index (χ0n) is 9.85. The first-order valence-electron chi connectivity index (χ1n) is 5.64. The highest BCUT2D eigenvalue weighted by Crippen LogP contribution is 2.15. The van der Waals surface area contributed by atoms with Crippen LogP contribution in [0.2, 0.25) is 0 Å². The Morgan fingerprint density at radius 3 is 2.82 bits per heavy atom. The number of thioether (sulfide) groups is 1. The first kappa shape index (κ1) is 12.2. The molecular formula is C13H16N2OS. The number of aromatic nitrogens is 1. The molecule has 4 heteroatoms. The number of hydrogen-bond acceptors (Lipinski definition) is 4. The third-order valence-electron chi connectivity index (χ3n) is 2.27. The topological polar surface area (TPSA) is 38.1 Å². The Balaban J connectivity index is 1.61. The maximum absolute atomic E-state index is 5.25. The van der Waals surface area contributed by atoms with E-state index in [2.05, 4.69) is 34.6 Å². The molecule has 17 heavy (non-hydrogen) atoms. The smallest absolute Gasteiger partial charge is 0.255 e. The maximum Gasteiger partial charge on any atom is 0.255 e. The highest BCUT2D eigenvalue weighted by atomic mass is 32.2. The summed E-state index contributed by atoms with van der Waals surface area (Å²) in [6.07, 6.45) is 1.68. The van der Waals surface area contributed by atoms with Crippen LogP contribution in [-0.2, 0) is 6.54 Å². The zero-order chi connectivity index (χ0) is 11.9. The quantitative estimate of drug-likeness (QED) is 0.630. The normalized spacial score (nSPS) is 10.6. The lowest BCUT2D eigenvalue weighted by Gasteiger charge is -2.03. The number of oxazole rings is 1. The van der Waals surface area contributed by atoms with Crippen molar-refractivity contribution < 1.29 is 4.42 Å². The van der Waals surface area contributed by atoms with Gasteiger partial charge >= 0.3 is 0 Å². The minimum absolute atomic E-state index is 0.754. The molecule has 1 N–H and O–H groups in total. The number of nitrogens with one attached hydrogen (secondary N) is 1. The van der Waals surface area contributed by atoms with Crippen LogP contribution in [0.3, 0.4) is 0 Å². The van der Waals surface area contributed by atoms with Gasteiger partial charge in [-0.3, -0.25) is 0 Å². The molecule has 0 unspecified atom stereocenters. The predicted octanol–water partition coefficient (Wildman–Crippen LogP) is 2.86. The number of benzene rings is 1. The SMILES string of the molecule is Cc1coc(SCCNCc2ccccc2)n1. The molecule has 0 amide bonds. The molecule has 0 fully saturated rings. The van der Waals surface area contributed by atoms with Gasteiger partial charge in [0.15, 0.2) is 0 Å². The van der Waals surface area contributed by atoms with E-state index in [1.807, 2.05) is 13.0 Å². The van der Waals surface area contributed by atoms with E-state index in [9.17, 15) is 0 Å². The molecule has 0 aliphatic carbocycles. The Morgan fingerprint density at radius 2 is 2.12 bits per heavy atom. The third-order valence-corrected chi connectivity index (χ3v) is 3.12. The van der Waals surface area contributed by atoms with Crippen LogP contribution >= 0.6 is 11.8 Å². The van der Waals surface area contributed by atoms with Crippen LogP contribution in [0.15, 0.2) is 46.2 Å². The summed E-state index contributed by atoms with van der Waals surface area (Å²) in [5.41, 5.74) is 2.24. The van der Waals surface area contributed by atoms with Crippen LogP contribution in [-0.4, -0.2) is 17.3 Å². The second kappa shape index (κ2) is 6.47. The predicted molar refractivity (Wildman–Crippen MR) is 70.1 cm³/mol. The summed E-state index contributed by atoms with van der Waals surface area (Å²) in [4.78, 5) is 4.24. The van der Waals surface area contributed by atoms with E-state index in [0.717, 1.165) is 29.8 Å². The Labute approximate surface area is 106 Å². The maximum atomic E-state index is 5.25. The lowest BCUT2D eigenvalue weighted by molar-refractivity contribution is 0.454. The van der Waals surface area contributed by atoms with Crippen molar-refractivity contribution in [3.63, 3.8) is 0 Å². The minimum Gasteiger partial charge on any atom is -0.440 e. The molecule has 1 aromatic heterocycles. The Hall–Kier alpha value is -1.26. The van der Waals surface area contributed by atoms with E-state index in [1.165, 1.54) is 5.56 Å². The second-order valence-corrected chi connectivity index (χ2v) is 4.81. The van der Waals surface area contributed by atoms with Gasteiger partial charge < -0.3 is 9.73 Å². The fourth-order valence-corrected chi connectivity index (χ4v) is 2.18. The van der Waals surface area contributed by atoms with Gasteiger partial charge in [-0.05, 0) is 12.5 Å². The highest BCUT2D eigenvalue weighted by Gasteiger charge is 2.00. The van der Waals surface area contributed by atoms with Crippen LogP contribution in [0, 0.1) is 6.92 Å². The van der Waals surface area contributed by atoms with Crippen molar-refractivity contribution in [3.8, 4) is 0 Å². The molecule has 0 saturated heterocycles. The van der Waals surface area contributed by atoms with Crippen molar-refractivity contribution in [2.24, 2.45) is 0 Å². The van der Waals surface area contributed by atoms with Crippen LogP contribution in [0.25, 0.3) is 0 Å². The van der Waals surface area contributed by atoms with Gasteiger partial charge in [-0.25, -0.2) is 4.98 Å². The van der Waals surface area contributed by atoms with Crippen molar-refractivity contribution in [1.82, 2.24) is 10.3 Å². The second-order valence-electron chi connectivity index (χ2n) is 3.77. The number of hydrogen-bond donors (Lipinski definition) is 1. The van der Waals surface area contributed by atoms with Crippen molar-refractivity contribution >= 4 is 11.8 Å². The molecule has 2 aromatic rings. The van der Waals surface area contributed by atoms with Gasteiger partial charge in [0.1, 0.15) is 6.26 Å². The molecule has 0 radical (unpaired) electrons. The number of nitrogens with zero attached hydrogens (tertiary/aromatic N) is 1. The van der Waals surface area contributed by atoms with Gasteiger partial charge in [-0.2, -0.15) is 0 Å². The molecule has 0 saturated carbocycles. The summed E-state index contributed by atoms with van der Waals surface area (Å²) in [5.74, 6) is 0.965. The summed E-state index contributed by atoms with van der Waals surface area (Å²) in [7, 11) is 0. The molecule has 0 aliphatic heterocycles. The van der Waals surface area contributed by atoms with Crippen LogP contribution in [0.5, 0.6) is 0 Å². The lowest BCUT2D eigenvalue weighted by atomic mass is 10.2. The van der Waals surface area contributed by atoms with Crippen LogP contribution < -0.4 is 5.32 Å². The van der Waals surface area contributed by atoms with Crippen LogP contribution in [0.4, 0.5) is 0 Å². The zero-order valence-corrected chi connectivity index (χ0v) is 10.7. The van der Waals surface area contributed by atoms with E-state index in [-0.39, 0.29) is 0 Å². The molecule has 0 spiro atoms. The highest BCUT2D eigenvalue weighted by molar-refractivity contribution is 7.99. The first-order chi connectivity index (χ1) is 8.34. The molecule has 1 aromatic carbocycles. The van der Waals surface area contributed by atoms with Gasteiger partial charge in [0.05, 0.1) is 5.69 Å². The van der Waals surface area contributed by atoms with E-state index in [1.54, 1.807) is 18.0 Å². The summed E-state index contributed by atoms with van der Waals surface area (Å²) < 4.78 is 5.25.